The fourth-order valence-corrected chi connectivity index (χ4v) is 2.26. The van der Waals surface area contributed by atoms with Gasteiger partial charge in [-0.15, -0.1) is 22.7 Å². The van der Waals surface area contributed by atoms with Crippen molar-refractivity contribution >= 4 is 39.4 Å². The summed E-state index contributed by atoms with van der Waals surface area (Å²) in [6.45, 7) is 0.685. The minimum absolute atomic E-state index is 0.685. The third-order valence-corrected chi connectivity index (χ3v) is 3.19. The predicted molar refractivity (Wildman–Crippen MR) is 56.6 cm³/mol. The second-order valence-corrected chi connectivity index (χ2v) is 4.89. The largest absolute Gasteiger partial charge is 0.355 e. The second kappa shape index (κ2) is 4.04. The van der Waals surface area contributed by atoms with Crippen LogP contribution in [-0.4, -0.2) is 9.97 Å². The Morgan fingerprint density at radius 3 is 3.00 bits per heavy atom. The normalized spacial score (nSPS) is 10.2. The summed E-state index contributed by atoms with van der Waals surface area (Å²) in [6, 6.07) is 0. The van der Waals surface area contributed by atoms with Gasteiger partial charge in [0, 0.05) is 11.6 Å². The van der Waals surface area contributed by atoms with E-state index in [-0.39, 0.29) is 0 Å². The lowest BCUT2D eigenvalue weighted by molar-refractivity contribution is 1.09. The smallest absolute Gasteiger partial charge is 0.182 e. The summed E-state index contributed by atoms with van der Waals surface area (Å²) in [6.07, 6.45) is 3.42. The molecule has 0 saturated heterocycles. The van der Waals surface area contributed by atoms with Crippen molar-refractivity contribution in [1.29, 1.82) is 0 Å². The minimum Gasteiger partial charge on any atom is -0.355 e. The van der Waals surface area contributed by atoms with Crippen molar-refractivity contribution in [2.75, 3.05) is 5.32 Å². The average molecular weight is 232 g/mol. The molecule has 0 spiro atoms. The van der Waals surface area contributed by atoms with Gasteiger partial charge < -0.3 is 5.32 Å². The van der Waals surface area contributed by atoms with Gasteiger partial charge in [-0.25, -0.2) is 9.97 Å². The molecule has 0 fully saturated rings. The lowest BCUT2D eigenvalue weighted by Crippen LogP contribution is -1.97. The van der Waals surface area contributed by atoms with Gasteiger partial charge in [-0.05, 0) is 0 Å². The van der Waals surface area contributed by atoms with Gasteiger partial charge in [0.05, 0.1) is 12.7 Å². The highest BCUT2D eigenvalue weighted by Gasteiger charge is 2.00. The second-order valence-electron chi connectivity index (χ2n) is 2.25. The monoisotopic (exact) mass is 231 g/mol. The van der Waals surface area contributed by atoms with Crippen molar-refractivity contribution in [3.63, 3.8) is 0 Å². The molecule has 0 unspecified atom stereocenters. The first kappa shape index (κ1) is 8.93. The molecule has 0 aliphatic heterocycles. The van der Waals surface area contributed by atoms with Crippen LogP contribution in [0.5, 0.6) is 0 Å². The standard InChI is InChI=1S/C7H6ClN3S2/c8-5-3-10-6(13-5)4-11-7-9-1-2-12-7/h1-3H,4H2,(H,9,11). The zero-order valence-electron chi connectivity index (χ0n) is 6.53. The van der Waals surface area contributed by atoms with Gasteiger partial charge in [0.15, 0.2) is 5.13 Å². The third kappa shape index (κ3) is 2.40. The van der Waals surface area contributed by atoms with E-state index in [0.717, 1.165) is 14.5 Å². The summed E-state index contributed by atoms with van der Waals surface area (Å²) in [5, 5.41) is 6.96. The van der Waals surface area contributed by atoms with Crippen molar-refractivity contribution < 1.29 is 0 Å². The summed E-state index contributed by atoms with van der Waals surface area (Å²) < 4.78 is 0.718. The number of hydrogen-bond acceptors (Lipinski definition) is 5. The Labute approximate surface area is 88.4 Å². The van der Waals surface area contributed by atoms with Gasteiger partial charge in [-0.1, -0.05) is 11.6 Å². The molecule has 6 heteroatoms. The number of halogens is 1. The number of rotatable bonds is 3. The maximum Gasteiger partial charge on any atom is 0.182 e. The van der Waals surface area contributed by atoms with Crippen LogP contribution in [0.3, 0.4) is 0 Å². The lowest BCUT2D eigenvalue weighted by Gasteiger charge is -1.96. The van der Waals surface area contributed by atoms with Crippen molar-refractivity contribution in [3.05, 3.63) is 27.1 Å². The van der Waals surface area contributed by atoms with Crippen molar-refractivity contribution in [3.8, 4) is 0 Å². The molecule has 2 aromatic rings. The predicted octanol–water partition coefficient (Wildman–Crippen LogP) is 2.87. The number of thiazole rings is 2. The molecule has 2 heterocycles. The van der Waals surface area contributed by atoms with Crippen LogP contribution >= 0.6 is 34.3 Å². The first-order chi connectivity index (χ1) is 6.34. The highest BCUT2D eigenvalue weighted by atomic mass is 35.5. The first-order valence-corrected chi connectivity index (χ1v) is 5.65. The van der Waals surface area contributed by atoms with Crippen LogP contribution in [0.2, 0.25) is 4.34 Å². The molecule has 0 radical (unpaired) electrons. The summed E-state index contributed by atoms with van der Waals surface area (Å²) in [5.74, 6) is 0. The van der Waals surface area contributed by atoms with E-state index in [1.807, 2.05) is 5.38 Å². The maximum absolute atomic E-state index is 5.74. The Morgan fingerprint density at radius 2 is 2.38 bits per heavy atom. The molecule has 68 valence electrons. The summed E-state index contributed by atoms with van der Waals surface area (Å²) in [7, 11) is 0. The van der Waals surface area contributed by atoms with E-state index in [1.165, 1.54) is 11.3 Å². The van der Waals surface area contributed by atoms with Gasteiger partial charge in [0.25, 0.3) is 0 Å². The molecule has 0 saturated carbocycles. The number of aromatic nitrogens is 2. The topological polar surface area (TPSA) is 37.8 Å². The Hall–Kier alpha value is -0.650. The quantitative estimate of drug-likeness (QED) is 0.883. The van der Waals surface area contributed by atoms with Crippen LogP contribution in [0.1, 0.15) is 5.01 Å². The van der Waals surface area contributed by atoms with Gasteiger partial charge in [0.1, 0.15) is 9.34 Å². The molecule has 0 aromatic carbocycles. The molecule has 0 amide bonds. The molecule has 0 atom stereocenters. The highest BCUT2D eigenvalue weighted by Crippen LogP contribution is 2.19. The van der Waals surface area contributed by atoms with E-state index in [1.54, 1.807) is 23.7 Å². The molecule has 0 aliphatic rings. The number of anilines is 1. The third-order valence-electron chi connectivity index (χ3n) is 1.35. The van der Waals surface area contributed by atoms with Gasteiger partial charge in [-0.3, -0.25) is 0 Å². The fraction of sp³-hybridized carbons (Fsp3) is 0.143. The SMILES string of the molecule is Clc1cnc(CNc2nccs2)s1. The molecule has 2 rings (SSSR count). The van der Waals surface area contributed by atoms with E-state index in [0.29, 0.717) is 6.54 Å². The van der Waals surface area contributed by atoms with E-state index in [4.69, 9.17) is 11.6 Å². The number of hydrogen-bond donors (Lipinski definition) is 1. The molecular formula is C7H6ClN3S2. The van der Waals surface area contributed by atoms with Crippen LogP contribution in [-0.2, 0) is 6.54 Å². The number of nitrogens with zero attached hydrogens (tertiary/aromatic N) is 2. The summed E-state index contributed by atoms with van der Waals surface area (Å²) >= 11 is 8.79. The van der Waals surface area contributed by atoms with Crippen LogP contribution in [0.15, 0.2) is 17.8 Å². The van der Waals surface area contributed by atoms with Gasteiger partial charge in [-0.2, -0.15) is 0 Å². The van der Waals surface area contributed by atoms with E-state index in [9.17, 15) is 0 Å². The van der Waals surface area contributed by atoms with Crippen LogP contribution < -0.4 is 5.32 Å². The van der Waals surface area contributed by atoms with E-state index >= 15 is 0 Å². The first-order valence-electron chi connectivity index (χ1n) is 3.58. The van der Waals surface area contributed by atoms with E-state index in [2.05, 4.69) is 15.3 Å². The molecule has 0 bridgehead atoms. The van der Waals surface area contributed by atoms with Crippen molar-refractivity contribution in [2.45, 2.75) is 6.54 Å². The average Bonchev–Trinajstić information content (AvgIpc) is 2.71. The van der Waals surface area contributed by atoms with E-state index < -0.39 is 0 Å². The Kier molecular flexibility index (Phi) is 2.77. The molecule has 0 aliphatic carbocycles. The fourth-order valence-electron chi connectivity index (χ4n) is 0.832. The summed E-state index contributed by atoms with van der Waals surface area (Å²) in [5.41, 5.74) is 0. The molecular weight excluding hydrogens is 226 g/mol. The zero-order chi connectivity index (χ0) is 9.10. The zero-order valence-corrected chi connectivity index (χ0v) is 8.92. The molecule has 13 heavy (non-hydrogen) atoms. The van der Waals surface area contributed by atoms with Gasteiger partial charge >= 0.3 is 0 Å². The van der Waals surface area contributed by atoms with Crippen LogP contribution in [0, 0.1) is 0 Å². The Morgan fingerprint density at radius 1 is 1.46 bits per heavy atom. The molecule has 1 N–H and O–H groups in total. The Bertz CT molecular complexity index is 371. The van der Waals surface area contributed by atoms with Crippen LogP contribution in [0.4, 0.5) is 5.13 Å². The maximum atomic E-state index is 5.74. The number of nitrogens with one attached hydrogen (secondary N) is 1. The lowest BCUT2D eigenvalue weighted by atomic mass is 10.7. The molecule has 3 nitrogen and oxygen atoms in total. The highest BCUT2D eigenvalue weighted by molar-refractivity contribution is 7.15. The van der Waals surface area contributed by atoms with Crippen molar-refractivity contribution in [1.82, 2.24) is 9.97 Å². The minimum atomic E-state index is 0.685. The van der Waals surface area contributed by atoms with Crippen molar-refractivity contribution in [2.24, 2.45) is 0 Å². The van der Waals surface area contributed by atoms with Crippen LogP contribution in [0.25, 0.3) is 0 Å². The summed E-state index contributed by atoms with van der Waals surface area (Å²) in [4.78, 5) is 8.21. The van der Waals surface area contributed by atoms with Gasteiger partial charge in [0.2, 0.25) is 0 Å². The Balaban J connectivity index is 1.93. The molecule has 2 aromatic heterocycles.